The molecule has 1 aliphatic rings. The zero-order valence-corrected chi connectivity index (χ0v) is 13.4. The van der Waals surface area contributed by atoms with Crippen molar-refractivity contribution in [3.8, 4) is 0 Å². The van der Waals surface area contributed by atoms with Crippen molar-refractivity contribution in [1.29, 1.82) is 0 Å². The number of carbonyl (C=O) groups excluding carboxylic acids is 1. The minimum atomic E-state index is -3.25. The van der Waals surface area contributed by atoms with Crippen molar-refractivity contribution in [1.82, 2.24) is 14.9 Å². The van der Waals surface area contributed by atoms with Gasteiger partial charge in [0.2, 0.25) is 5.91 Å². The Balaban J connectivity index is 1.72. The first kappa shape index (κ1) is 16.2. The second-order valence-electron chi connectivity index (χ2n) is 5.51. The largest absolute Gasteiger partial charge is 0.349 e. The van der Waals surface area contributed by atoms with Gasteiger partial charge in [-0.1, -0.05) is 12.1 Å². The zero-order chi connectivity index (χ0) is 17.3. The number of nitrogens with zero attached hydrogens (tertiary/aromatic N) is 1. The number of fused-ring (bicyclic) bond motifs is 1. The van der Waals surface area contributed by atoms with Crippen LogP contribution in [0.5, 0.6) is 0 Å². The molecule has 1 aromatic heterocycles. The van der Waals surface area contributed by atoms with E-state index in [2.05, 4.69) is 10.3 Å². The Labute approximate surface area is 136 Å². The van der Waals surface area contributed by atoms with Crippen molar-refractivity contribution in [2.75, 3.05) is 5.75 Å². The van der Waals surface area contributed by atoms with Crippen LogP contribution in [-0.2, 0) is 21.2 Å². The van der Waals surface area contributed by atoms with Crippen LogP contribution in [0.2, 0.25) is 0 Å². The summed E-state index contributed by atoms with van der Waals surface area (Å²) >= 11 is 0. The molecule has 0 saturated carbocycles. The summed E-state index contributed by atoms with van der Waals surface area (Å²) in [4.78, 5) is 38.8. The van der Waals surface area contributed by atoms with Gasteiger partial charge in [-0.2, -0.15) is 0 Å². The maximum Gasteiger partial charge on any atom is 0.328 e. The van der Waals surface area contributed by atoms with Gasteiger partial charge < -0.3 is 10.3 Å². The third-order valence-corrected chi connectivity index (χ3v) is 5.12. The van der Waals surface area contributed by atoms with Crippen molar-refractivity contribution >= 4 is 26.6 Å². The van der Waals surface area contributed by atoms with Crippen molar-refractivity contribution in [2.24, 2.45) is 0 Å². The fourth-order valence-electron chi connectivity index (χ4n) is 2.56. The molecule has 0 saturated heterocycles. The second-order valence-corrected chi connectivity index (χ2v) is 7.45. The van der Waals surface area contributed by atoms with Crippen LogP contribution in [0.15, 0.2) is 45.3 Å². The lowest BCUT2D eigenvalue weighted by molar-refractivity contribution is -0.121. The van der Waals surface area contributed by atoms with Crippen molar-refractivity contribution in [2.45, 2.75) is 19.0 Å². The molecule has 1 aliphatic heterocycles. The molecule has 0 bridgehead atoms. The zero-order valence-electron chi connectivity index (χ0n) is 12.6. The fraction of sp³-hybridized carbons (Fsp3) is 0.267. The number of aromatic amines is 1. The molecule has 126 valence electrons. The summed E-state index contributed by atoms with van der Waals surface area (Å²) in [7, 11) is -3.25. The van der Waals surface area contributed by atoms with E-state index in [1.807, 2.05) is 0 Å². The van der Waals surface area contributed by atoms with Gasteiger partial charge in [0.1, 0.15) is 0 Å². The highest BCUT2D eigenvalue weighted by molar-refractivity contribution is 7.94. The van der Waals surface area contributed by atoms with E-state index in [1.54, 1.807) is 24.3 Å². The maximum atomic E-state index is 12.3. The van der Waals surface area contributed by atoms with E-state index in [-0.39, 0.29) is 18.7 Å². The van der Waals surface area contributed by atoms with Gasteiger partial charge in [-0.15, -0.1) is 0 Å². The van der Waals surface area contributed by atoms with Gasteiger partial charge in [-0.05, 0) is 18.2 Å². The molecule has 3 rings (SSSR count). The Bertz CT molecular complexity index is 1050. The Morgan fingerprint density at radius 1 is 1.29 bits per heavy atom. The number of sulfone groups is 1. The highest BCUT2D eigenvalue weighted by atomic mass is 32.2. The number of nitrogens with one attached hydrogen (secondary N) is 2. The van der Waals surface area contributed by atoms with E-state index in [4.69, 9.17) is 0 Å². The minimum Gasteiger partial charge on any atom is -0.349 e. The molecule has 0 unspecified atom stereocenters. The molecule has 1 atom stereocenters. The lowest BCUT2D eigenvalue weighted by Crippen LogP contribution is -2.39. The molecule has 0 spiro atoms. The summed E-state index contributed by atoms with van der Waals surface area (Å²) in [6.45, 7) is -0.0893. The van der Waals surface area contributed by atoms with Crippen LogP contribution in [0, 0.1) is 0 Å². The first-order valence-electron chi connectivity index (χ1n) is 7.28. The highest BCUT2D eigenvalue weighted by Gasteiger charge is 2.23. The summed E-state index contributed by atoms with van der Waals surface area (Å²) in [6, 6.07) is 6.04. The van der Waals surface area contributed by atoms with Crippen molar-refractivity contribution in [3.63, 3.8) is 0 Å². The number of hydrogen-bond donors (Lipinski definition) is 2. The number of rotatable bonds is 4. The fourth-order valence-corrected chi connectivity index (χ4v) is 3.80. The Morgan fingerprint density at radius 3 is 2.75 bits per heavy atom. The lowest BCUT2D eigenvalue weighted by atomic mass is 10.2. The SMILES string of the molecule is O=C(CCn1c(=O)[nH]c2ccccc2c1=O)N[C@@H]1C=CS(=O)(=O)C1. The van der Waals surface area contributed by atoms with Gasteiger partial charge in [0.25, 0.3) is 5.56 Å². The van der Waals surface area contributed by atoms with Gasteiger partial charge in [-0.25, -0.2) is 13.2 Å². The average Bonchev–Trinajstić information content (AvgIpc) is 2.85. The maximum absolute atomic E-state index is 12.3. The van der Waals surface area contributed by atoms with E-state index in [9.17, 15) is 22.8 Å². The Hall–Kier alpha value is -2.68. The standard InChI is InChI=1S/C15H15N3O5S/c19-13(16-10-6-8-24(22,23)9-10)5-7-18-14(20)11-3-1-2-4-12(11)17-15(18)21/h1-4,6,8,10H,5,7,9H2,(H,16,19)(H,17,21)/t10-/m1/s1. The molecule has 0 fully saturated rings. The molecule has 2 aromatic rings. The van der Waals surface area contributed by atoms with E-state index in [1.165, 1.54) is 6.08 Å². The summed E-state index contributed by atoms with van der Waals surface area (Å²) in [5.41, 5.74) is -0.616. The van der Waals surface area contributed by atoms with Crippen LogP contribution in [0.3, 0.4) is 0 Å². The van der Waals surface area contributed by atoms with Gasteiger partial charge in [-0.3, -0.25) is 14.2 Å². The molecular weight excluding hydrogens is 334 g/mol. The molecule has 0 radical (unpaired) electrons. The quantitative estimate of drug-likeness (QED) is 0.772. The van der Waals surface area contributed by atoms with Crippen molar-refractivity contribution < 1.29 is 13.2 Å². The third-order valence-electron chi connectivity index (χ3n) is 3.73. The van der Waals surface area contributed by atoms with Gasteiger partial charge >= 0.3 is 5.69 Å². The van der Waals surface area contributed by atoms with E-state index in [0.717, 1.165) is 9.98 Å². The van der Waals surface area contributed by atoms with E-state index < -0.39 is 33.0 Å². The van der Waals surface area contributed by atoms with Crippen LogP contribution in [0.4, 0.5) is 0 Å². The Kier molecular flexibility index (Phi) is 4.10. The third kappa shape index (κ3) is 3.30. The molecule has 1 amide bonds. The summed E-state index contributed by atoms with van der Waals surface area (Å²) < 4.78 is 23.5. The number of aromatic nitrogens is 2. The summed E-state index contributed by atoms with van der Waals surface area (Å²) in [5.74, 6) is -0.601. The monoisotopic (exact) mass is 349 g/mol. The average molecular weight is 349 g/mol. The summed E-state index contributed by atoms with van der Waals surface area (Å²) in [5, 5.41) is 3.98. The highest BCUT2D eigenvalue weighted by Crippen LogP contribution is 2.08. The van der Waals surface area contributed by atoms with Crippen molar-refractivity contribution in [3.05, 3.63) is 56.6 Å². The predicted octanol–water partition coefficient (Wildman–Crippen LogP) is -0.493. The minimum absolute atomic E-state index is 0.0893. The first-order chi connectivity index (χ1) is 11.4. The molecule has 2 N–H and O–H groups in total. The van der Waals surface area contributed by atoms with Crippen LogP contribution >= 0.6 is 0 Å². The normalized spacial score (nSPS) is 18.8. The number of H-pyrrole nitrogens is 1. The number of carbonyl (C=O) groups is 1. The molecule has 8 nitrogen and oxygen atoms in total. The van der Waals surface area contributed by atoms with Crippen LogP contribution in [0.25, 0.3) is 10.9 Å². The molecule has 2 heterocycles. The van der Waals surface area contributed by atoms with Gasteiger partial charge in [0.15, 0.2) is 9.84 Å². The molecule has 0 aliphatic carbocycles. The van der Waals surface area contributed by atoms with Gasteiger partial charge in [0.05, 0.1) is 22.7 Å². The number of hydrogen-bond acceptors (Lipinski definition) is 5. The number of para-hydroxylation sites is 1. The molecule has 1 aromatic carbocycles. The topological polar surface area (TPSA) is 118 Å². The van der Waals surface area contributed by atoms with Crippen LogP contribution in [-0.4, -0.2) is 35.7 Å². The second kappa shape index (κ2) is 6.08. The van der Waals surface area contributed by atoms with Crippen LogP contribution < -0.4 is 16.6 Å². The van der Waals surface area contributed by atoms with Crippen LogP contribution in [0.1, 0.15) is 6.42 Å². The van der Waals surface area contributed by atoms with Gasteiger partial charge in [0, 0.05) is 18.4 Å². The lowest BCUT2D eigenvalue weighted by Gasteiger charge is -2.10. The number of amides is 1. The number of benzene rings is 1. The first-order valence-corrected chi connectivity index (χ1v) is 8.99. The Morgan fingerprint density at radius 2 is 2.04 bits per heavy atom. The van der Waals surface area contributed by atoms with E-state index in [0.29, 0.717) is 10.9 Å². The predicted molar refractivity (Wildman–Crippen MR) is 88.3 cm³/mol. The smallest absolute Gasteiger partial charge is 0.328 e. The molecular formula is C15H15N3O5S. The molecule has 24 heavy (non-hydrogen) atoms. The van der Waals surface area contributed by atoms with E-state index >= 15 is 0 Å². The summed E-state index contributed by atoms with van der Waals surface area (Å²) in [6.07, 6.45) is 1.30. The molecule has 9 heteroatoms.